The Morgan fingerprint density at radius 1 is 1.11 bits per heavy atom. The minimum atomic E-state index is -0.490. The number of hydrogen-bond donors (Lipinski definition) is 1. The Balaban J connectivity index is 1.61. The number of nitrogens with one attached hydrogen (secondary N) is 1. The van der Waals surface area contributed by atoms with Gasteiger partial charge in [0.25, 0.3) is 0 Å². The topological polar surface area (TPSA) is 90.7 Å². The molecule has 0 unspecified atom stereocenters. The lowest BCUT2D eigenvalue weighted by Crippen LogP contribution is -2.07. The number of carbonyl (C=O) groups is 2. The summed E-state index contributed by atoms with van der Waals surface area (Å²) in [6.07, 6.45) is 0. The quantitative estimate of drug-likeness (QED) is 0.670. The Morgan fingerprint density at radius 3 is 2.59 bits per heavy atom. The van der Waals surface area contributed by atoms with E-state index in [1.165, 1.54) is 6.92 Å². The summed E-state index contributed by atoms with van der Waals surface area (Å²) in [6.45, 7) is 1.40. The molecule has 0 bridgehead atoms. The summed E-state index contributed by atoms with van der Waals surface area (Å²) >= 11 is 0. The van der Waals surface area contributed by atoms with Crippen molar-refractivity contribution in [1.82, 2.24) is 5.16 Å². The molecule has 7 heteroatoms. The second kappa shape index (κ2) is 8.18. The Hall–Kier alpha value is -3.61. The average Bonchev–Trinajstić information content (AvgIpc) is 3.15. The van der Waals surface area contributed by atoms with Gasteiger partial charge in [-0.1, -0.05) is 17.3 Å². The highest BCUT2D eigenvalue weighted by Gasteiger charge is 2.12. The zero-order valence-corrected chi connectivity index (χ0v) is 14.9. The van der Waals surface area contributed by atoms with Gasteiger partial charge in [0, 0.05) is 24.2 Å². The average molecular weight is 366 g/mol. The molecular weight excluding hydrogens is 348 g/mol. The highest BCUT2D eigenvalue weighted by Crippen LogP contribution is 2.24. The van der Waals surface area contributed by atoms with Gasteiger partial charge in [0.1, 0.15) is 18.1 Å². The maximum absolute atomic E-state index is 12.1. The molecule has 27 heavy (non-hydrogen) atoms. The molecule has 0 fully saturated rings. The number of methoxy groups -OCH3 is 1. The summed E-state index contributed by atoms with van der Waals surface area (Å²) in [4.78, 5) is 23.1. The number of rotatable bonds is 6. The van der Waals surface area contributed by atoms with Crippen LogP contribution in [0, 0.1) is 0 Å². The molecule has 0 saturated carbocycles. The lowest BCUT2D eigenvalue weighted by atomic mass is 10.1. The molecule has 2 aromatic carbocycles. The Labute approximate surface area is 155 Å². The zero-order valence-electron chi connectivity index (χ0n) is 14.9. The van der Waals surface area contributed by atoms with E-state index in [0.717, 1.165) is 5.56 Å². The van der Waals surface area contributed by atoms with E-state index in [1.807, 2.05) is 24.3 Å². The van der Waals surface area contributed by atoms with E-state index in [9.17, 15) is 9.59 Å². The molecule has 1 heterocycles. The van der Waals surface area contributed by atoms with E-state index in [4.69, 9.17) is 14.0 Å². The molecule has 1 amide bonds. The molecule has 1 N–H and O–H groups in total. The predicted molar refractivity (Wildman–Crippen MR) is 98.4 cm³/mol. The van der Waals surface area contributed by atoms with Crippen molar-refractivity contribution in [1.29, 1.82) is 0 Å². The van der Waals surface area contributed by atoms with Crippen LogP contribution in [-0.4, -0.2) is 24.1 Å². The summed E-state index contributed by atoms with van der Waals surface area (Å²) in [5.74, 6) is 0.595. The van der Waals surface area contributed by atoms with Crippen LogP contribution >= 0.6 is 0 Å². The van der Waals surface area contributed by atoms with Gasteiger partial charge in [-0.15, -0.1) is 0 Å². The van der Waals surface area contributed by atoms with E-state index in [-0.39, 0.29) is 12.5 Å². The first kappa shape index (κ1) is 18.2. The van der Waals surface area contributed by atoms with Crippen molar-refractivity contribution in [2.24, 2.45) is 0 Å². The van der Waals surface area contributed by atoms with Gasteiger partial charge in [0.05, 0.1) is 12.7 Å². The van der Waals surface area contributed by atoms with E-state index in [2.05, 4.69) is 10.5 Å². The molecule has 0 aliphatic carbocycles. The van der Waals surface area contributed by atoms with Gasteiger partial charge in [0.2, 0.25) is 5.91 Å². The third-order valence-electron chi connectivity index (χ3n) is 3.71. The molecule has 0 aliphatic heterocycles. The summed E-state index contributed by atoms with van der Waals surface area (Å²) in [7, 11) is 1.59. The monoisotopic (exact) mass is 366 g/mol. The van der Waals surface area contributed by atoms with E-state index in [1.54, 1.807) is 37.4 Å². The molecular formula is C20H18N2O5. The smallest absolute Gasteiger partial charge is 0.338 e. The molecule has 0 radical (unpaired) electrons. The van der Waals surface area contributed by atoms with Crippen LogP contribution in [0.5, 0.6) is 5.75 Å². The summed E-state index contributed by atoms with van der Waals surface area (Å²) in [5, 5.41) is 6.55. The summed E-state index contributed by atoms with van der Waals surface area (Å²) < 4.78 is 15.7. The van der Waals surface area contributed by atoms with E-state index >= 15 is 0 Å². The Kier molecular flexibility index (Phi) is 5.51. The predicted octanol–water partition coefficient (Wildman–Crippen LogP) is 3.67. The summed E-state index contributed by atoms with van der Waals surface area (Å²) in [6, 6.07) is 15.5. The zero-order chi connectivity index (χ0) is 19.2. The van der Waals surface area contributed by atoms with Gasteiger partial charge in [-0.05, 0) is 36.4 Å². The number of aromatic nitrogens is 1. The van der Waals surface area contributed by atoms with Crippen molar-refractivity contribution in [3.8, 4) is 17.1 Å². The van der Waals surface area contributed by atoms with Crippen LogP contribution in [0.1, 0.15) is 23.0 Å². The maximum atomic E-state index is 12.1. The Morgan fingerprint density at radius 2 is 1.89 bits per heavy atom. The van der Waals surface area contributed by atoms with Crippen molar-refractivity contribution in [2.75, 3.05) is 12.4 Å². The van der Waals surface area contributed by atoms with Gasteiger partial charge >= 0.3 is 5.97 Å². The van der Waals surface area contributed by atoms with Crippen LogP contribution < -0.4 is 10.1 Å². The lowest BCUT2D eigenvalue weighted by Gasteiger charge is -2.04. The molecule has 3 aromatic rings. The number of ether oxygens (including phenoxy) is 2. The number of esters is 1. The molecule has 0 saturated heterocycles. The van der Waals surface area contributed by atoms with Crippen LogP contribution in [0.3, 0.4) is 0 Å². The van der Waals surface area contributed by atoms with Gasteiger partial charge in [-0.25, -0.2) is 4.79 Å². The second-order valence-electron chi connectivity index (χ2n) is 5.75. The van der Waals surface area contributed by atoms with E-state index < -0.39 is 5.97 Å². The third kappa shape index (κ3) is 4.72. The molecule has 0 atom stereocenters. The maximum Gasteiger partial charge on any atom is 0.338 e. The van der Waals surface area contributed by atoms with Crippen molar-refractivity contribution >= 4 is 17.6 Å². The normalized spacial score (nSPS) is 10.3. The number of benzene rings is 2. The largest absolute Gasteiger partial charge is 0.497 e. The minimum Gasteiger partial charge on any atom is -0.497 e. The molecule has 1 aromatic heterocycles. The fourth-order valence-corrected chi connectivity index (χ4v) is 2.41. The fourth-order valence-electron chi connectivity index (χ4n) is 2.41. The standard InChI is InChI=1S/C20H18N2O5/c1-13(23)21-16-8-6-14(7-9-16)20(24)26-12-17-11-19(27-22-17)15-4-3-5-18(10-15)25-2/h3-11H,12H2,1-2H3,(H,21,23). The van der Waals surface area contributed by atoms with Gasteiger partial charge in [0.15, 0.2) is 5.76 Å². The van der Waals surface area contributed by atoms with Crippen LogP contribution in [0.25, 0.3) is 11.3 Å². The summed E-state index contributed by atoms with van der Waals surface area (Å²) in [5.41, 5.74) is 2.29. The highest BCUT2D eigenvalue weighted by atomic mass is 16.5. The van der Waals surface area contributed by atoms with Gasteiger partial charge in [-0.3, -0.25) is 4.79 Å². The molecule has 0 spiro atoms. The van der Waals surface area contributed by atoms with Crippen molar-refractivity contribution in [2.45, 2.75) is 13.5 Å². The van der Waals surface area contributed by atoms with Crippen molar-refractivity contribution in [3.05, 3.63) is 65.9 Å². The first-order chi connectivity index (χ1) is 13.0. The Bertz CT molecular complexity index is 947. The van der Waals surface area contributed by atoms with Crippen LogP contribution in [0.15, 0.2) is 59.1 Å². The van der Waals surface area contributed by atoms with Gasteiger partial charge in [-0.2, -0.15) is 0 Å². The van der Waals surface area contributed by atoms with Crippen LogP contribution in [0.4, 0.5) is 5.69 Å². The number of amides is 1. The molecule has 138 valence electrons. The van der Waals surface area contributed by atoms with Gasteiger partial charge < -0.3 is 19.3 Å². The number of carbonyl (C=O) groups excluding carboxylic acids is 2. The van der Waals surface area contributed by atoms with Crippen molar-refractivity contribution in [3.63, 3.8) is 0 Å². The number of nitrogens with zero attached hydrogens (tertiary/aromatic N) is 1. The molecule has 0 aliphatic rings. The van der Waals surface area contributed by atoms with Crippen LogP contribution in [0.2, 0.25) is 0 Å². The fraction of sp³-hybridized carbons (Fsp3) is 0.150. The first-order valence-electron chi connectivity index (χ1n) is 8.20. The lowest BCUT2D eigenvalue weighted by molar-refractivity contribution is -0.114. The molecule has 3 rings (SSSR count). The minimum absolute atomic E-state index is 0.0141. The second-order valence-corrected chi connectivity index (χ2v) is 5.75. The van der Waals surface area contributed by atoms with Crippen LogP contribution in [-0.2, 0) is 16.1 Å². The number of anilines is 1. The SMILES string of the molecule is COc1cccc(-c2cc(COC(=O)c3ccc(NC(C)=O)cc3)no2)c1. The molecule has 7 nitrogen and oxygen atoms in total. The van der Waals surface area contributed by atoms with E-state index in [0.29, 0.717) is 28.5 Å². The number of hydrogen-bond acceptors (Lipinski definition) is 6. The highest BCUT2D eigenvalue weighted by molar-refractivity contribution is 5.92. The van der Waals surface area contributed by atoms with Crippen molar-refractivity contribution < 1.29 is 23.6 Å². The third-order valence-corrected chi connectivity index (χ3v) is 3.71. The first-order valence-corrected chi connectivity index (χ1v) is 8.20.